The van der Waals surface area contributed by atoms with Crippen LogP contribution >= 0.6 is 0 Å². The van der Waals surface area contributed by atoms with E-state index in [-0.39, 0.29) is 28.5 Å². The van der Waals surface area contributed by atoms with Gasteiger partial charge in [-0.05, 0) is 67.3 Å². The van der Waals surface area contributed by atoms with Gasteiger partial charge in [0.1, 0.15) is 18.5 Å². The molecule has 27 heavy (non-hydrogen) atoms. The standard InChI is InChI=1S/C23H32O4/c1-15(24)27-17-6-9-21(2)16(12-17)4-5-18-19(21)7-10-22(3)20(18)8-11-23(22)13-25-14-26-23/h4-6,9,16-20H,7-8,10-14H2,1-3H3/t16?,17?,18?,19?,20?,21-,22-,23?/m0/s1. The summed E-state index contributed by atoms with van der Waals surface area (Å²) in [4.78, 5) is 11.4. The first-order valence-corrected chi connectivity index (χ1v) is 10.6. The molecule has 0 bridgehead atoms. The Balaban J connectivity index is 1.44. The topological polar surface area (TPSA) is 44.8 Å². The van der Waals surface area contributed by atoms with Crippen LogP contribution in [0.1, 0.15) is 52.9 Å². The quantitative estimate of drug-likeness (QED) is 0.510. The predicted molar refractivity (Wildman–Crippen MR) is 102 cm³/mol. The number of hydrogen-bond donors (Lipinski definition) is 0. The van der Waals surface area contributed by atoms with Gasteiger partial charge >= 0.3 is 5.97 Å². The van der Waals surface area contributed by atoms with Crippen LogP contribution in [0, 0.1) is 34.5 Å². The van der Waals surface area contributed by atoms with Gasteiger partial charge in [0, 0.05) is 12.3 Å². The Kier molecular flexibility index (Phi) is 3.94. The van der Waals surface area contributed by atoms with Crippen molar-refractivity contribution in [1.29, 1.82) is 0 Å². The van der Waals surface area contributed by atoms with Gasteiger partial charge in [-0.2, -0.15) is 0 Å². The molecule has 0 aromatic heterocycles. The van der Waals surface area contributed by atoms with Gasteiger partial charge in [-0.1, -0.05) is 32.1 Å². The molecule has 0 amide bonds. The first kappa shape index (κ1) is 17.9. The molecule has 1 heterocycles. The summed E-state index contributed by atoms with van der Waals surface area (Å²) in [6.07, 6.45) is 15.1. The molecule has 5 rings (SSSR count). The third kappa shape index (κ3) is 2.38. The number of allylic oxidation sites excluding steroid dienone is 3. The number of carbonyl (C=O) groups excluding carboxylic acids is 1. The Morgan fingerprint density at radius 1 is 1.11 bits per heavy atom. The van der Waals surface area contributed by atoms with Crippen molar-refractivity contribution in [2.45, 2.75) is 64.6 Å². The van der Waals surface area contributed by atoms with E-state index in [1.807, 2.05) is 0 Å². The van der Waals surface area contributed by atoms with Gasteiger partial charge in [-0.3, -0.25) is 4.79 Å². The number of carbonyl (C=O) groups is 1. The van der Waals surface area contributed by atoms with Crippen molar-refractivity contribution in [2.75, 3.05) is 13.4 Å². The van der Waals surface area contributed by atoms with Gasteiger partial charge in [-0.15, -0.1) is 0 Å². The number of fused-ring (bicyclic) bond motifs is 6. The first-order chi connectivity index (χ1) is 12.9. The zero-order chi connectivity index (χ0) is 18.9. The zero-order valence-electron chi connectivity index (χ0n) is 16.8. The molecule has 4 heteroatoms. The molecular weight excluding hydrogens is 340 g/mol. The van der Waals surface area contributed by atoms with Crippen molar-refractivity contribution in [1.82, 2.24) is 0 Å². The third-order valence-corrected chi connectivity index (χ3v) is 9.01. The summed E-state index contributed by atoms with van der Waals surface area (Å²) in [7, 11) is 0. The molecular formula is C23H32O4. The molecule has 6 unspecified atom stereocenters. The molecule has 1 spiro atoms. The molecule has 4 nitrogen and oxygen atoms in total. The molecule has 1 saturated heterocycles. The van der Waals surface area contributed by atoms with Crippen LogP contribution in [-0.2, 0) is 19.0 Å². The normalized spacial score (nSPS) is 53.1. The minimum Gasteiger partial charge on any atom is -0.458 e. The largest absolute Gasteiger partial charge is 0.458 e. The molecule has 1 aliphatic heterocycles. The molecule has 5 aliphatic rings. The Labute approximate surface area is 162 Å². The fourth-order valence-corrected chi connectivity index (χ4v) is 7.43. The van der Waals surface area contributed by atoms with E-state index in [2.05, 4.69) is 38.2 Å². The molecule has 3 fully saturated rings. The average Bonchev–Trinajstić information content (AvgIpc) is 3.21. The summed E-state index contributed by atoms with van der Waals surface area (Å²) >= 11 is 0. The van der Waals surface area contributed by atoms with Crippen LogP contribution in [0.25, 0.3) is 0 Å². The molecule has 0 aromatic carbocycles. The molecule has 8 atom stereocenters. The number of ether oxygens (including phenoxy) is 3. The van der Waals surface area contributed by atoms with Crippen molar-refractivity contribution < 1.29 is 19.0 Å². The zero-order valence-corrected chi connectivity index (χ0v) is 16.8. The maximum atomic E-state index is 11.4. The Morgan fingerprint density at radius 3 is 2.67 bits per heavy atom. The average molecular weight is 373 g/mol. The molecule has 0 N–H and O–H groups in total. The van der Waals surface area contributed by atoms with E-state index in [0.29, 0.717) is 30.5 Å². The van der Waals surface area contributed by atoms with Crippen molar-refractivity contribution in [3.63, 3.8) is 0 Å². The van der Waals surface area contributed by atoms with E-state index < -0.39 is 0 Å². The van der Waals surface area contributed by atoms with Gasteiger partial charge in [0.05, 0.1) is 6.61 Å². The lowest BCUT2D eigenvalue weighted by Gasteiger charge is -2.58. The van der Waals surface area contributed by atoms with E-state index >= 15 is 0 Å². The highest BCUT2D eigenvalue weighted by Crippen LogP contribution is 2.67. The van der Waals surface area contributed by atoms with E-state index in [9.17, 15) is 4.79 Å². The van der Waals surface area contributed by atoms with E-state index in [1.165, 1.54) is 26.2 Å². The van der Waals surface area contributed by atoms with Crippen molar-refractivity contribution in [3.8, 4) is 0 Å². The SMILES string of the molecule is CC(=O)OC1C=C[C@@]2(C)C(C=CC3C2CC[C@@]2(C)C3CCC23COCO3)C1. The lowest BCUT2D eigenvalue weighted by Crippen LogP contribution is -2.55. The molecule has 0 radical (unpaired) electrons. The van der Waals surface area contributed by atoms with Gasteiger partial charge in [-0.25, -0.2) is 0 Å². The monoisotopic (exact) mass is 372 g/mol. The fraction of sp³-hybridized carbons (Fsp3) is 0.783. The Hall–Kier alpha value is -1.13. The Morgan fingerprint density at radius 2 is 1.93 bits per heavy atom. The van der Waals surface area contributed by atoms with E-state index in [4.69, 9.17) is 14.2 Å². The number of esters is 1. The summed E-state index contributed by atoms with van der Waals surface area (Å²) < 4.78 is 17.4. The van der Waals surface area contributed by atoms with E-state index in [1.54, 1.807) is 0 Å². The van der Waals surface area contributed by atoms with Crippen LogP contribution in [0.15, 0.2) is 24.3 Å². The highest BCUT2D eigenvalue weighted by molar-refractivity contribution is 5.66. The lowest BCUT2D eigenvalue weighted by molar-refractivity contribution is -0.146. The summed E-state index contributed by atoms with van der Waals surface area (Å²) in [5.74, 6) is 2.22. The number of hydrogen-bond acceptors (Lipinski definition) is 4. The maximum absolute atomic E-state index is 11.4. The highest BCUT2D eigenvalue weighted by atomic mass is 16.7. The van der Waals surface area contributed by atoms with Crippen molar-refractivity contribution >= 4 is 5.97 Å². The lowest BCUT2D eigenvalue weighted by atomic mass is 9.47. The molecule has 148 valence electrons. The molecule has 4 aliphatic carbocycles. The van der Waals surface area contributed by atoms with Gasteiger partial charge in [0.2, 0.25) is 0 Å². The highest BCUT2D eigenvalue weighted by Gasteiger charge is 2.65. The smallest absolute Gasteiger partial charge is 0.303 e. The summed E-state index contributed by atoms with van der Waals surface area (Å²) in [6, 6.07) is 0. The van der Waals surface area contributed by atoms with Gasteiger partial charge < -0.3 is 14.2 Å². The van der Waals surface area contributed by atoms with Gasteiger partial charge in [0.15, 0.2) is 0 Å². The maximum Gasteiger partial charge on any atom is 0.303 e. The van der Waals surface area contributed by atoms with E-state index in [0.717, 1.165) is 19.4 Å². The van der Waals surface area contributed by atoms with Crippen LogP contribution in [-0.4, -0.2) is 31.1 Å². The first-order valence-electron chi connectivity index (χ1n) is 10.6. The minimum absolute atomic E-state index is 0.0585. The fourth-order valence-electron chi connectivity index (χ4n) is 7.43. The van der Waals surface area contributed by atoms with Gasteiger partial charge in [0.25, 0.3) is 0 Å². The minimum atomic E-state index is -0.186. The summed E-state index contributed by atoms with van der Waals surface area (Å²) in [5, 5.41) is 0. The number of rotatable bonds is 1. The van der Waals surface area contributed by atoms with Crippen molar-refractivity contribution in [3.05, 3.63) is 24.3 Å². The second-order valence-electron chi connectivity index (χ2n) is 9.99. The van der Waals surface area contributed by atoms with Crippen LogP contribution in [0.5, 0.6) is 0 Å². The summed E-state index contributed by atoms with van der Waals surface area (Å²) in [6.45, 7) is 7.63. The van der Waals surface area contributed by atoms with Crippen LogP contribution in [0.4, 0.5) is 0 Å². The summed E-state index contributed by atoms with van der Waals surface area (Å²) in [5.41, 5.74) is 0.327. The Bertz CT molecular complexity index is 690. The van der Waals surface area contributed by atoms with Crippen LogP contribution in [0.2, 0.25) is 0 Å². The molecule has 2 saturated carbocycles. The predicted octanol–water partition coefficient (Wildman–Crippen LogP) is 4.26. The second-order valence-corrected chi connectivity index (χ2v) is 9.99. The van der Waals surface area contributed by atoms with Crippen LogP contribution < -0.4 is 0 Å². The van der Waals surface area contributed by atoms with Crippen LogP contribution in [0.3, 0.4) is 0 Å². The molecule has 0 aromatic rings. The van der Waals surface area contributed by atoms with Crippen molar-refractivity contribution in [2.24, 2.45) is 34.5 Å². The third-order valence-electron chi connectivity index (χ3n) is 9.01. The second kappa shape index (κ2) is 5.93.